The van der Waals surface area contributed by atoms with Gasteiger partial charge in [0, 0.05) is 44.3 Å². The van der Waals surface area contributed by atoms with Gasteiger partial charge in [0.15, 0.2) is 0 Å². The molecule has 3 rings (SSSR count). The van der Waals surface area contributed by atoms with Gasteiger partial charge in [-0.1, -0.05) is 30.7 Å². The van der Waals surface area contributed by atoms with E-state index >= 15 is 0 Å². The molecule has 1 aromatic carbocycles. The Morgan fingerprint density at radius 1 is 1.11 bits per heavy atom. The Morgan fingerprint density at radius 3 is 2.41 bits per heavy atom. The quantitative estimate of drug-likeness (QED) is 0.741. The summed E-state index contributed by atoms with van der Waals surface area (Å²) >= 11 is 5.87. The first-order valence-electron chi connectivity index (χ1n) is 9.62. The molecular formula is C19H28ClN3O3S. The van der Waals surface area contributed by atoms with E-state index in [1.807, 2.05) is 4.90 Å². The molecule has 0 unspecified atom stereocenters. The van der Waals surface area contributed by atoms with Crippen molar-refractivity contribution in [1.82, 2.24) is 14.1 Å². The lowest BCUT2D eigenvalue weighted by molar-refractivity contribution is -0.138. The molecule has 6 nitrogen and oxygen atoms in total. The molecule has 1 amide bonds. The molecule has 1 aromatic rings. The van der Waals surface area contributed by atoms with E-state index in [1.54, 1.807) is 24.3 Å². The average Bonchev–Trinajstić information content (AvgIpc) is 2.69. The van der Waals surface area contributed by atoms with E-state index < -0.39 is 10.0 Å². The number of piperazine rings is 1. The van der Waals surface area contributed by atoms with E-state index in [9.17, 15) is 13.2 Å². The van der Waals surface area contributed by atoms with Crippen molar-refractivity contribution in [2.75, 3.05) is 45.8 Å². The van der Waals surface area contributed by atoms with E-state index in [1.165, 1.54) is 4.31 Å². The Labute approximate surface area is 167 Å². The fraction of sp³-hybridized carbons (Fsp3) is 0.632. The minimum Gasteiger partial charge on any atom is -0.340 e. The molecule has 27 heavy (non-hydrogen) atoms. The minimum atomic E-state index is -3.45. The van der Waals surface area contributed by atoms with Crippen LogP contribution in [-0.4, -0.2) is 74.2 Å². The Kier molecular flexibility index (Phi) is 6.78. The van der Waals surface area contributed by atoms with Gasteiger partial charge in [-0.2, -0.15) is 0 Å². The fourth-order valence-corrected chi connectivity index (χ4v) is 5.56. The van der Waals surface area contributed by atoms with Crippen LogP contribution in [-0.2, 0) is 20.6 Å². The monoisotopic (exact) mass is 413 g/mol. The summed E-state index contributed by atoms with van der Waals surface area (Å²) in [6, 6.07) is 6.87. The summed E-state index contributed by atoms with van der Waals surface area (Å²) in [7, 11) is -3.45. The first-order chi connectivity index (χ1) is 12.9. The third-order valence-corrected chi connectivity index (χ3v) is 7.59. The van der Waals surface area contributed by atoms with Gasteiger partial charge in [-0.05, 0) is 37.1 Å². The molecule has 2 heterocycles. The highest BCUT2D eigenvalue weighted by Crippen LogP contribution is 2.24. The number of likely N-dealkylation sites (N-methyl/N-ethyl adjacent to an activating group) is 1. The van der Waals surface area contributed by atoms with Crippen LogP contribution in [0, 0.1) is 5.92 Å². The third kappa shape index (κ3) is 5.22. The Balaban J connectivity index is 1.61. The van der Waals surface area contributed by atoms with E-state index in [0.29, 0.717) is 23.7 Å². The second kappa shape index (κ2) is 8.90. The second-order valence-electron chi connectivity index (χ2n) is 7.34. The molecule has 0 saturated carbocycles. The number of hydrogen-bond donors (Lipinski definition) is 0. The predicted octanol–water partition coefficient (Wildman–Crippen LogP) is 2.05. The number of amides is 1. The van der Waals surface area contributed by atoms with Gasteiger partial charge in [-0.3, -0.25) is 4.79 Å². The maximum absolute atomic E-state index is 12.9. The molecule has 0 spiro atoms. The average molecular weight is 414 g/mol. The van der Waals surface area contributed by atoms with Crippen LogP contribution in [0.4, 0.5) is 0 Å². The lowest BCUT2D eigenvalue weighted by Gasteiger charge is -2.38. The normalized spacial score (nSPS) is 22.7. The molecule has 2 aliphatic rings. The lowest BCUT2D eigenvalue weighted by atomic mass is 9.98. The number of sulfonamides is 1. The molecule has 2 fully saturated rings. The van der Waals surface area contributed by atoms with E-state index in [2.05, 4.69) is 11.8 Å². The Hall–Kier alpha value is -1.15. The molecule has 2 aliphatic heterocycles. The highest BCUT2D eigenvalue weighted by molar-refractivity contribution is 7.88. The summed E-state index contributed by atoms with van der Waals surface area (Å²) in [5, 5.41) is 0.586. The number of hydrogen-bond acceptors (Lipinski definition) is 4. The van der Waals surface area contributed by atoms with E-state index in [4.69, 9.17) is 11.6 Å². The van der Waals surface area contributed by atoms with Crippen molar-refractivity contribution in [2.45, 2.75) is 25.5 Å². The Bertz CT molecular complexity index is 746. The van der Waals surface area contributed by atoms with Crippen LogP contribution in [0.2, 0.25) is 5.02 Å². The summed E-state index contributed by atoms with van der Waals surface area (Å²) in [5.74, 6) is -0.177. The van der Waals surface area contributed by atoms with Gasteiger partial charge in [0.1, 0.15) is 0 Å². The van der Waals surface area contributed by atoms with Crippen LogP contribution in [0.15, 0.2) is 24.3 Å². The highest BCUT2D eigenvalue weighted by Gasteiger charge is 2.35. The van der Waals surface area contributed by atoms with Crippen LogP contribution in [0.5, 0.6) is 0 Å². The number of benzene rings is 1. The second-order valence-corrected chi connectivity index (χ2v) is 9.74. The van der Waals surface area contributed by atoms with Gasteiger partial charge in [0.25, 0.3) is 0 Å². The third-order valence-electron chi connectivity index (χ3n) is 5.52. The maximum atomic E-state index is 12.9. The number of halogens is 1. The van der Waals surface area contributed by atoms with Crippen molar-refractivity contribution in [1.29, 1.82) is 0 Å². The smallest absolute Gasteiger partial charge is 0.227 e. The number of nitrogens with zero attached hydrogens (tertiary/aromatic N) is 3. The van der Waals surface area contributed by atoms with Crippen LogP contribution in [0.25, 0.3) is 0 Å². The van der Waals surface area contributed by atoms with Crippen molar-refractivity contribution in [3.8, 4) is 0 Å². The first-order valence-corrected chi connectivity index (χ1v) is 11.6. The summed E-state index contributed by atoms with van der Waals surface area (Å²) in [4.78, 5) is 17.1. The molecule has 150 valence electrons. The summed E-state index contributed by atoms with van der Waals surface area (Å²) in [5.41, 5.74) is 0.712. The van der Waals surface area contributed by atoms with Crippen molar-refractivity contribution >= 4 is 27.5 Å². The van der Waals surface area contributed by atoms with Crippen molar-refractivity contribution in [2.24, 2.45) is 5.92 Å². The highest BCUT2D eigenvalue weighted by atomic mass is 35.5. The zero-order valence-corrected chi connectivity index (χ0v) is 17.4. The van der Waals surface area contributed by atoms with Gasteiger partial charge in [-0.15, -0.1) is 0 Å². The fourth-order valence-electron chi connectivity index (χ4n) is 3.82. The van der Waals surface area contributed by atoms with Crippen LogP contribution >= 0.6 is 11.6 Å². The number of piperidine rings is 1. The molecule has 0 bridgehead atoms. The van der Waals surface area contributed by atoms with Crippen LogP contribution < -0.4 is 0 Å². The largest absolute Gasteiger partial charge is 0.340 e. The zero-order valence-electron chi connectivity index (χ0n) is 15.8. The van der Waals surface area contributed by atoms with E-state index in [0.717, 1.165) is 45.6 Å². The number of carbonyl (C=O) groups excluding carboxylic acids is 1. The molecule has 0 aliphatic carbocycles. The van der Waals surface area contributed by atoms with Gasteiger partial charge >= 0.3 is 0 Å². The van der Waals surface area contributed by atoms with Crippen LogP contribution in [0.3, 0.4) is 0 Å². The summed E-state index contributed by atoms with van der Waals surface area (Å²) in [6.45, 7) is 7.18. The molecule has 0 aromatic heterocycles. The van der Waals surface area contributed by atoms with Crippen molar-refractivity contribution in [3.05, 3.63) is 34.9 Å². The lowest BCUT2D eigenvalue weighted by Crippen LogP contribution is -2.53. The van der Waals surface area contributed by atoms with E-state index in [-0.39, 0.29) is 17.6 Å². The summed E-state index contributed by atoms with van der Waals surface area (Å²) < 4.78 is 27.2. The first kappa shape index (κ1) is 20.6. The molecule has 0 radical (unpaired) electrons. The van der Waals surface area contributed by atoms with Gasteiger partial charge < -0.3 is 9.80 Å². The molecule has 1 atom stereocenters. The van der Waals surface area contributed by atoms with Gasteiger partial charge in [-0.25, -0.2) is 12.7 Å². The number of carbonyl (C=O) groups is 1. The SMILES string of the molecule is CCN1CCN(C(=O)[C@H]2CCCN(S(=O)(=O)Cc3ccc(Cl)cc3)C2)CC1. The van der Waals surface area contributed by atoms with Crippen molar-refractivity contribution < 1.29 is 13.2 Å². The van der Waals surface area contributed by atoms with Crippen LogP contribution in [0.1, 0.15) is 25.3 Å². The molecule has 0 N–H and O–H groups in total. The zero-order chi connectivity index (χ0) is 19.4. The molecule has 8 heteroatoms. The molecule has 2 saturated heterocycles. The molecular weight excluding hydrogens is 386 g/mol. The topological polar surface area (TPSA) is 60.9 Å². The van der Waals surface area contributed by atoms with Gasteiger partial charge in [0.2, 0.25) is 15.9 Å². The van der Waals surface area contributed by atoms with Crippen molar-refractivity contribution in [3.63, 3.8) is 0 Å². The summed E-state index contributed by atoms with van der Waals surface area (Å²) in [6.07, 6.45) is 1.49. The minimum absolute atomic E-state index is 0.0553. The maximum Gasteiger partial charge on any atom is 0.227 e. The standard InChI is InChI=1S/C19H28ClN3O3S/c1-2-21-10-12-22(13-11-21)19(24)17-4-3-9-23(14-17)27(25,26)15-16-5-7-18(20)8-6-16/h5-8,17H,2-4,9-15H2,1H3/t17-/m0/s1. The Morgan fingerprint density at radius 2 is 1.78 bits per heavy atom. The number of rotatable bonds is 5. The predicted molar refractivity (Wildman–Crippen MR) is 107 cm³/mol. The van der Waals surface area contributed by atoms with Gasteiger partial charge in [0.05, 0.1) is 11.7 Å².